The van der Waals surface area contributed by atoms with Crippen molar-refractivity contribution in [2.45, 2.75) is 50.6 Å². The number of halogens is 1. The Bertz CT molecular complexity index is 457. The lowest BCUT2D eigenvalue weighted by atomic mass is 9.87. The number of rotatable bonds is 4. The quantitative estimate of drug-likeness (QED) is 0.887. The van der Waals surface area contributed by atoms with Crippen LogP contribution in [0.2, 0.25) is 0 Å². The largest absolute Gasteiger partial charge is 0.480 e. The zero-order valence-corrected chi connectivity index (χ0v) is 12.7. The standard InChI is InChI=1S/C15H20BrNO2/c1-15(14(18)19,11-6-5-7-12(16)10-11)17-13-8-3-2-4-9-13/h5-7,10,13,17H,2-4,8-9H2,1H3,(H,18,19). The number of carboxylic acids is 1. The number of benzene rings is 1. The lowest BCUT2D eigenvalue weighted by molar-refractivity contribution is -0.145. The van der Waals surface area contributed by atoms with Crippen LogP contribution in [0.3, 0.4) is 0 Å². The molecular weight excluding hydrogens is 306 g/mol. The van der Waals surface area contributed by atoms with Crippen LogP contribution in [0.1, 0.15) is 44.6 Å². The third-order valence-electron chi connectivity index (χ3n) is 3.93. The van der Waals surface area contributed by atoms with E-state index in [-0.39, 0.29) is 0 Å². The molecule has 0 amide bonds. The van der Waals surface area contributed by atoms with Crippen LogP contribution in [0.4, 0.5) is 0 Å². The zero-order chi connectivity index (χ0) is 13.9. The highest BCUT2D eigenvalue weighted by molar-refractivity contribution is 9.10. The summed E-state index contributed by atoms with van der Waals surface area (Å²) in [6, 6.07) is 7.84. The third kappa shape index (κ3) is 3.37. The molecular formula is C15H20BrNO2. The Labute approximate surface area is 122 Å². The molecule has 0 aliphatic heterocycles. The van der Waals surface area contributed by atoms with Crippen LogP contribution in [-0.4, -0.2) is 17.1 Å². The maximum absolute atomic E-state index is 11.7. The summed E-state index contributed by atoms with van der Waals surface area (Å²) in [5.74, 6) is -0.823. The number of hydrogen-bond donors (Lipinski definition) is 2. The molecule has 1 atom stereocenters. The zero-order valence-electron chi connectivity index (χ0n) is 11.2. The minimum absolute atomic E-state index is 0.300. The Morgan fingerprint density at radius 3 is 2.63 bits per heavy atom. The fourth-order valence-electron chi connectivity index (χ4n) is 2.72. The minimum Gasteiger partial charge on any atom is -0.480 e. The van der Waals surface area contributed by atoms with Crippen LogP contribution in [0.5, 0.6) is 0 Å². The fourth-order valence-corrected chi connectivity index (χ4v) is 3.12. The van der Waals surface area contributed by atoms with Gasteiger partial charge >= 0.3 is 5.97 Å². The van der Waals surface area contributed by atoms with E-state index in [4.69, 9.17) is 0 Å². The van der Waals surface area contributed by atoms with E-state index in [0.717, 1.165) is 22.9 Å². The van der Waals surface area contributed by atoms with Crippen molar-refractivity contribution in [3.05, 3.63) is 34.3 Å². The van der Waals surface area contributed by atoms with Crippen molar-refractivity contribution >= 4 is 21.9 Å². The maximum atomic E-state index is 11.7. The van der Waals surface area contributed by atoms with Crippen LogP contribution in [0, 0.1) is 0 Å². The molecule has 0 radical (unpaired) electrons. The van der Waals surface area contributed by atoms with Crippen LogP contribution in [0.25, 0.3) is 0 Å². The molecule has 0 heterocycles. The van der Waals surface area contributed by atoms with Gasteiger partial charge < -0.3 is 5.11 Å². The Hall–Kier alpha value is -0.870. The Morgan fingerprint density at radius 2 is 2.05 bits per heavy atom. The number of carbonyl (C=O) groups is 1. The SMILES string of the molecule is CC(NC1CCCCC1)(C(=O)O)c1cccc(Br)c1. The van der Waals surface area contributed by atoms with Crippen molar-refractivity contribution in [1.29, 1.82) is 0 Å². The molecule has 19 heavy (non-hydrogen) atoms. The molecule has 1 saturated carbocycles. The van der Waals surface area contributed by atoms with Gasteiger partial charge in [-0.3, -0.25) is 5.32 Å². The highest BCUT2D eigenvalue weighted by atomic mass is 79.9. The minimum atomic E-state index is -1.02. The van der Waals surface area contributed by atoms with Gasteiger partial charge in [-0.2, -0.15) is 0 Å². The molecule has 0 saturated heterocycles. The van der Waals surface area contributed by atoms with Gasteiger partial charge in [0.2, 0.25) is 0 Å². The predicted molar refractivity (Wildman–Crippen MR) is 79.1 cm³/mol. The van der Waals surface area contributed by atoms with Gasteiger partial charge in [-0.1, -0.05) is 47.3 Å². The van der Waals surface area contributed by atoms with Gasteiger partial charge in [0.1, 0.15) is 5.54 Å². The first kappa shape index (κ1) is 14.5. The lowest BCUT2D eigenvalue weighted by Crippen LogP contribution is -2.51. The molecule has 1 aliphatic carbocycles. The van der Waals surface area contributed by atoms with Crippen LogP contribution in [-0.2, 0) is 10.3 Å². The molecule has 1 aromatic carbocycles. The van der Waals surface area contributed by atoms with Crippen molar-refractivity contribution in [2.75, 3.05) is 0 Å². The molecule has 2 N–H and O–H groups in total. The summed E-state index contributed by atoms with van der Waals surface area (Å²) in [4.78, 5) is 11.7. The maximum Gasteiger partial charge on any atom is 0.328 e. The summed E-state index contributed by atoms with van der Waals surface area (Å²) in [5, 5.41) is 13.0. The van der Waals surface area contributed by atoms with E-state index >= 15 is 0 Å². The molecule has 1 aromatic rings. The molecule has 0 aromatic heterocycles. The number of nitrogens with one attached hydrogen (secondary N) is 1. The summed E-state index contributed by atoms with van der Waals surface area (Å²) in [6.07, 6.45) is 5.77. The number of hydrogen-bond acceptors (Lipinski definition) is 2. The van der Waals surface area contributed by atoms with Gasteiger partial charge in [-0.15, -0.1) is 0 Å². The Morgan fingerprint density at radius 1 is 1.37 bits per heavy atom. The normalized spacial score (nSPS) is 19.9. The lowest BCUT2D eigenvalue weighted by Gasteiger charge is -2.34. The molecule has 0 bridgehead atoms. The second kappa shape index (κ2) is 6.06. The average Bonchev–Trinajstić information content (AvgIpc) is 2.39. The second-order valence-corrected chi connectivity index (χ2v) is 6.34. The average molecular weight is 326 g/mol. The van der Waals surface area contributed by atoms with Crippen molar-refractivity contribution in [2.24, 2.45) is 0 Å². The number of aliphatic carboxylic acids is 1. The molecule has 104 valence electrons. The smallest absolute Gasteiger partial charge is 0.328 e. The Balaban J connectivity index is 2.24. The van der Waals surface area contributed by atoms with E-state index in [9.17, 15) is 9.90 Å². The van der Waals surface area contributed by atoms with Gasteiger partial charge in [-0.05, 0) is 37.5 Å². The van der Waals surface area contributed by atoms with E-state index in [1.54, 1.807) is 6.92 Å². The summed E-state index contributed by atoms with van der Waals surface area (Å²) >= 11 is 3.41. The molecule has 0 spiro atoms. The molecule has 1 aliphatic rings. The summed E-state index contributed by atoms with van der Waals surface area (Å²) in [6.45, 7) is 1.76. The highest BCUT2D eigenvalue weighted by Crippen LogP contribution is 2.28. The first-order valence-electron chi connectivity index (χ1n) is 6.79. The van der Waals surface area contributed by atoms with Crippen molar-refractivity contribution < 1.29 is 9.90 Å². The van der Waals surface area contributed by atoms with E-state index < -0.39 is 11.5 Å². The van der Waals surface area contributed by atoms with Crippen LogP contribution < -0.4 is 5.32 Å². The molecule has 2 rings (SSSR count). The monoisotopic (exact) mass is 325 g/mol. The summed E-state index contributed by atoms with van der Waals surface area (Å²) < 4.78 is 0.905. The molecule has 1 fully saturated rings. The second-order valence-electron chi connectivity index (χ2n) is 5.42. The first-order chi connectivity index (χ1) is 9.02. The molecule has 1 unspecified atom stereocenters. The van der Waals surface area contributed by atoms with Crippen molar-refractivity contribution in [3.63, 3.8) is 0 Å². The topological polar surface area (TPSA) is 49.3 Å². The van der Waals surface area contributed by atoms with E-state index in [1.807, 2.05) is 24.3 Å². The van der Waals surface area contributed by atoms with Gasteiger partial charge in [0.25, 0.3) is 0 Å². The first-order valence-corrected chi connectivity index (χ1v) is 7.59. The summed E-state index contributed by atoms with van der Waals surface area (Å²) in [7, 11) is 0. The van der Waals surface area contributed by atoms with Crippen LogP contribution in [0.15, 0.2) is 28.7 Å². The van der Waals surface area contributed by atoms with Gasteiger partial charge in [0, 0.05) is 10.5 Å². The van der Waals surface area contributed by atoms with E-state index in [1.165, 1.54) is 19.3 Å². The van der Waals surface area contributed by atoms with Crippen LogP contribution >= 0.6 is 15.9 Å². The number of carboxylic acid groups (broad SMARTS) is 1. The van der Waals surface area contributed by atoms with Crippen molar-refractivity contribution in [3.8, 4) is 0 Å². The molecule has 4 heteroatoms. The third-order valence-corrected chi connectivity index (χ3v) is 4.42. The predicted octanol–water partition coefficient (Wildman–Crippen LogP) is 3.67. The van der Waals surface area contributed by atoms with Gasteiger partial charge in [-0.25, -0.2) is 4.79 Å². The highest BCUT2D eigenvalue weighted by Gasteiger charge is 2.37. The van der Waals surface area contributed by atoms with E-state index in [0.29, 0.717) is 6.04 Å². The van der Waals surface area contributed by atoms with Crippen molar-refractivity contribution in [1.82, 2.24) is 5.32 Å². The van der Waals surface area contributed by atoms with E-state index in [2.05, 4.69) is 21.2 Å². The van der Waals surface area contributed by atoms with Gasteiger partial charge in [0.05, 0.1) is 0 Å². The van der Waals surface area contributed by atoms with Gasteiger partial charge in [0.15, 0.2) is 0 Å². The fraction of sp³-hybridized carbons (Fsp3) is 0.533. The summed E-state index contributed by atoms with van der Waals surface area (Å²) in [5.41, 5.74) is -0.230. The Kier molecular flexibility index (Phi) is 4.63. The molecule has 3 nitrogen and oxygen atoms in total.